The van der Waals surface area contributed by atoms with Gasteiger partial charge in [0.25, 0.3) is 0 Å². The summed E-state index contributed by atoms with van der Waals surface area (Å²) >= 11 is 0. The van der Waals surface area contributed by atoms with Crippen LogP contribution in [0, 0.1) is 40.4 Å². The third kappa shape index (κ3) is 3.94. The molecule has 0 aromatic carbocycles. The van der Waals surface area contributed by atoms with E-state index in [1.54, 1.807) is 0 Å². The molecule has 0 radical (unpaired) electrons. The summed E-state index contributed by atoms with van der Waals surface area (Å²) in [6, 6.07) is 0. The van der Waals surface area contributed by atoms with Gasteiger partial charge in [-0.25, -0.2) is 0 Å². The van der Waals surface area contributed by atoms with Crippen LogP contribution in [0.25, 0.3) is 0 Å². The zero-order valence-corrected chi connectivity index (χ0v) is 20.8. The Morgan fingerprint density at radius 1 is 1.09 bits per heavy atom. The molecule has 0 bridgehead atoms. The first-order valence-electron chi connectivity index (χ1n) is 13.9. The normalized spacial score (nSPS) is 47.0. The number of allylic oxidation sites excluding steroid dienone is 2. The van der Waals surface area contributed by atoms with Gasteiger partial charge in [0.1, 0.15) is 6.29 Å². The van der Waals surface area contributed by atoms with Gasteiger partial charge in [-0.1, -0.05) is 32.4 Å². The van der Waals surface area contributed by atoms with Gasteiger partial charge in [0.2, 0.25) is 0 Å². The molecule has 180 valence electrons. The van der Waals surface area contributed by atoms with Crippen molar-refractivity contribution in [3.63, 3.8) is 0 Å². The largest absolute Gasteiger partial charge is 0.353 e. The van der Waals surface area contributed by atoms with Crippen molar-refractivity contribution in [1.29, 1.82) is 0 Å². The molecule has 9 atom stereocenters. The van der Waals surface area contributed by atoms with Gasteiger partial charge in [0, 0.05) is 13.0 Å². The summed E-state index contributed by atoms with van der Waals surface area (Å²) in [7, 11) is 0. The molecule has 1 saturated heterocycles. The third-order valence-electron chi connectivity index (χ3n) is 11.0. The Morgan fingerprint density at radius 2 is 1.91 bits per heavy atom. The van der Waals surface area contributed by atoms with E-state index in [4.69, 9.17) is 9.47 Å². The second-order valence-electron chi connectivity index (χ2n) is 12.5. The van der Waals surface area contributed by atoms with E-state index in [1.807, 2.05) is 5.57 Å². The van der Waals surface area contributed by atoms with Crippen LogP contribution >= 0.6 is 0 Å². The molecule has 0 aromatic heterocycles. The molecule has 2 unspecified atom stereocenters. The molecular weight excluding hydrogens is 396 g/mol. The maximum Gasteiger partial charge on any atom is 0.157 e. The lowest BCUT2D eigenvalue weighted by Crippen LogP contribution is -2.50. The molecule has 0 spiro atoms. The van der Waals surface area contributed by atoms with Gasteiger partial charge in [-0.15, -0.1) is 0 Å². The Balaban J connectivity index is 1.28. The smallest absolute Gasteiger partial charge is 0.157 e. The van der Waals surface area contributed by atoms with Crippen molar-refractivity contribution in [3.05, 3.63) is 11.6 Å². The van der Waals surface area contributed by atoms with E-state index in [9.17, 15) is 4.79 Å². The minimum absolute atomic E-state index is 0.0554. The fourth-order valence-corrected chi connectivity index (χ4v) is 9.14. The highest BCUT2D eigenvalue weighted by Crippen LogP contribution is 2.67. The Labute approximate surface area is 196 Å². The molecule has 0 amide bonds. The summed E-state index contributed by atoms with van der Waals surface area (Å²) in [6.07, 6.45) is 20.1. The first-order chi connectivity index (χ1) is 15.5. The first kappa shape index (κ1) is 23.1. The maximum atomic E-state index is 11.0. The molecular formula is C29H46O3. The summed E-state index contributed by atoms with van der Waals surface area (Å²) in [4.78, 5) is 11.0. The van der Waals surface area contributed by atoms with E-state index in [2.05, 4.69) is 26.8 Å². The summed E-state index contributed by atoms with van der Waals surface area (Å²) < 4.78 is 12.3. The molecule has 3 heteroatoms. The molecule has 5 aliphatic rings. The lowest BCUT2D eigenvalue weighted by molar-refractivity contribution is -0.204. The average Bonchev–Trinajstić information content (AvgIpc) is 3.16. The number of carbonyl (C=O) groups excluding carboxylic acids is 1. The van der Waals surface area contributed by atoms with E-state index < -0.39 is 0 Å². The predicted molar refractivity (Wildman–Crippen MR) is 128 cm³/mol. The van der Waals surface area contributed by atoms with Crippen molar-refractivity contribution in [3.8, 4) is 0 Å². The van der Waals surface area contributed by atoms with E-state index in [0.717, 1.165) is 55.8 Å². The lowest BCUT2D eigenvalue weighted by atomic mass is 9.47. The van der Waals surface area contributed by atoms with Crippen LogP contribution in [0.1, 0.15) is 104 Å². The number of rotatable bonds is 6. The van der Waals surface area contributed by atoms with Crippen LogP contribution in [-0.2, 0) is 14.3 Å². The third-order valence-corrected chi connectivity index (χ3v) is 11.0. The van der Waals surface area contributed by atoms with E-state index >= 15 is 0 Å². The fourth-order valence-electron chi connectivity index (χ4n) is 9.14. The van der Waals surface area contributed by atoms with Crippen LogP contribution < -0.4 is 0 Å². The van der Waals surface area contributed by atoms with Gasteiger partial charge in [0.05, 0.1) is 6.10 Å². The number of carbonyl (C=O) groups is 1. The molecule has 0 N–H and O–H groups in total. The highest BCUT2D eigenvalue weighted by molar-refractivity contribution is 5.49. The molecule has 3 saturated carbocycles. The van der Waals surface area contributed by atoms with Crippen molar-refractivity contribution in [2.75, 3.05) is 6.61 Å². The molecule has 1 heterocycles. The summed E-state index contributed by atoms with van der Waals surface area (Å²) in [5, 5.41) is 0. The number of ether oxygens (including phenoxy) is 2. The van der Waals surface area contributed by atoms with Crippen LogP contribution in [0.5, 0.6) is 0 Å². The summed E-state index contributed by atoms with van der Waals surface area (Å²) in [5.74, 6) is 3.81. The SMILES string of the molecule is C[C@H](CCC=O)[C@H]1CC[C@H]2C3=CCC4C[C@@H](OC5CCCCO5)CC[C@]4(C)[C@H]3CC[C@]12C. The second-order valence-corrected chi connectivity index (χ2v) is 12.5. The second kappa shape index (κ2) is 9.17. The molecule has 0 aromatic rings. The number of hydrogen-bond acceptors (Lipinski definition) is 3. The van der Waals surface area contributed by atoms with E-state index in [1.165, 1.54) is 64.2 Å². The fraction of sp³-hybridized carbons (Fsp3) is 0.897. The zero-order chi connectivity index (χ0) is 22.3. The predicted octanol–water partition coefficient (Wildman–Crippen LogP) is 7.09. The number of fused-ring (bicyclic) bond motifs is 5. The Morgan fingerprint density at radius 3 is 2.69 bits per heavy atom. The molecule has 32 heavy (non-hydrogen) atoms. The van der Waals surface area contributed by atoms with Crippen LogP contribution in [0.4, 0.5) is 0 Å². The topological polar surface area (TPSA) is 35.5 Å². The maximum absolute atomic E-state index is 11.0. The number of aldehydes is 1. The lowest BCUT2D eigenvalue weighted by Gasteiger charge is -2.58. The van der Waals surface area contributed by atoms with Crippen molar-refractivity contribution in [1.82, 2.24) is 0 Å². The van der Waals surface area contributed by atoms with E-state index in [-0.39, 0.29) is 6.29 Å². The van der Waals surface area contributed by atoms with Crippen LogP contribution in [0.15, 0.2) is 11.6 Å². The molecule has 1 aliphatic heterocycles. The molecule has 5 rings (SSSR count). The number of hydrogen-bond donors (Lipinski definition) is 0. The van der Waals surface area contributed by atoms with Gasteiger partial charge in [-0.2, -0.15) is 0 Å². The first-order valence-corrected chi connectivity index (χ1v) is 13.9. The minimum atomic E-state index is 0.0554. The molecule has 4 fully saturated rings. The Hall–Kier alpha value is -0.670. The average molecular weight is 443 g/mol. The van der Waals surface area contributed by atoms with Gasteiger partial charge < -0.3 is 14.3 Å². The van der Waals surface area contributed by atoms with Crippen molar-refractivity contribution >= 4 is 6.29 Å². The van der Waals surface area contributed by atoms with Gasteiger partial charge in [-0.05, 0) is 117 Å². The Bertz CT molecular complexity index is 709. The minimum Gasteiger partial charge on any atom is -0.353 e. The van der Waals surface area contributed by atoms with Crippen molar-refractivity contribution in [2.45, 2.75) is 117 Å². The van der Waals surface area contributed by atoms with Crippen molar-refractivity contribution < 1.29 is 14.3 Å². The molecule has 4 aliphatic carbocycles. The Kier molecular flexibility index (Phi) is 6.62. The highest BCUT2D eigenvalue weighted by Gasteiger charge is 2.58. The van der Waals surface area contributed by atoms with Gasteiger partial charge in [-0.3, -0.25) is 0 Å². The zero-order valence-electron chi connectivity index (χ0n) is 20.8. The standard InChI is InChI=1S/C29H46O3/c1-20(7-6-17-30)24-11-12-25-23-10-9-21-19-22(32-27-8-4-5-18-31-27)13-15-28(21,2)26(23)14-16-29(24,25)3/h10,17,20-22,24-27H,4-9,11-16,18-19H2,1-3H3/t20-,21?,22+,24-,25+,26+,27?,28+,29-/m1/s1. The van der Waals surface area contributed by atoms with Crippen LogP contribution in [-0.4, -0.2) is 25.3 Å². The van der Waals surface area contributed by atoms with Crippen molar-refractivity contribution in [2.24, 2.45) is 40.4 Å². The van der Waals surface area contributed by atoms with E-state index in [0.29, 0.717) is 22.9 Å². The summed E-state index contributed by atoms with van der Waals surface area (Å²) in [6.45, 7) is 8.52. The quantitative estimate of drug-likeness (QED) is 0.325. The van der Waals surface area contributed by atoms with Gasteiger partial charge >= 0.3 is 0 Å². The summed E-state index contributed by atoms with van der Waals surface area (Å²) in [5.41, 5.74) is 2.75. The highest BCUT2D eigenvalue weighted by atomic mass is 16.7. The molecule has 3 nitrogen and oxygen atoms in total. The monoisotopic (exact) mass is 442 g/mol. The van der Waals surface area contributed by atoms with Crippen LogP contribution in [0.3, 0.4) is 0 Å². The van der Waals surface area contributed by atoms with Gasteiger partial charge in [0.15, 0.2) is 6.29 Å². The van der Waals surface area contributed by atoms with Crippen LogP contribution in [0.2, 0.25) is 0 Å².